The lowest BCUT2D eigenvalue weighted by Crippen LogP contribution is -2.38. The van der Waals surface area contributed by atoms with Gasteiger partial charge >= 0.3 is 0 Å². The number of para-hydroxylation sites is 1. The fourth-order valence-electron chi connectivity index (χ4n) is 4.16. The molecule has 0 aliphatic carbocycles. The molecule has 0 fully saturated rings. The van der Waals surface area contributed by atoms with E-state index in [1.54, 1.807) is 6.07 Å². The molecule has 3 nitrogen and oxygen atoms in total. The van der Waals surface area contributed by atoms with Crippen LogP contribution < -0.4 is 0 Å². The van der Waals surface area contributed by atoms with Crippen LogP contribution in [-0.2, 0) is 19.4 Å². The van der Waals surface area contributed by atoms with Crippen LogP contribution in [0.25, 0.3) is 10.9 Å². The Morgan fingerprint density at radius 3 is 2.76 bits per heavy atom. The molecule has 0 bridgehead atoms. The number of nitrogens with zero attached hydrogens (tertiary/aromatic N) is 3. The minimum absolute atomic E-state index is 0.129. The number of aryl methyl sites for hydroxylation is 2. The van der Waals surface area contributed by atoms with Crippen LogP contribution in [0, 0.1) is 5.82 Å². The maximum absolute atomic E-state index is 14.7. The highest BCUT2D eigenvalue weighted by Gasteiger charge is 2.32. The molecule has 130 valence electrons. The Labute approximate surface area is 148 Å². The number of hydrogen-bond acceptors (Lipinski definition) is 2. The van der Waals surface area contributed by atoms with Crippen molar-refractivity contribution in [3.05, 3.63) is 65.4 Å². The van der Waals surface area contributed by atoms with Gasteiger partial charge in [-0.05, 0) is 44.7 Å². The summed E-state index contributed by atoms with van der Waals surface area (Å²) in [6, 6.07) is 12.2. The van der Waals surface area contributed by atoms with Crippen LogP contribution >= 0.6 is 0 Å². The summed E-state index contributed by atoms with van der Waals surface area (Å²) in [6.45, 7) is 5.23. The van der Waals surface area contributed by atoms with Gasteiger partial charge in [0.1, 0.15) is 5.82 Å². The van der Waals surface area contributed by atoms with Crippen molar-refractivity contribution in [2.75, 3.05) is 7.05 Å². The van der Waals surface area contributed by atoms with Gasteiger partial charge in [0.2, 0.25) is 0 Å². The van der Waals surface area contributed by atoms with E-state index in [0.717, 1.165) is 36.0 Å². The third-order valence-electron chi connectivity index (χ3n) is 5.71. The molecule has 0 saturated heterocycles. The van der Waals surface area contributed by atoms with E-state index in [2.05, 4.69) is 41.4 Å². The largest absolute Gasteiger partial charge is 0.341 e. The molecule has 25 heavy (non-hydrogen) atoms. The molecule has 0 N–H and O–H groups in total. The quantitative estimate of drug-likeness (QED) is 0.708. The van der Waals surface area contributed by atoms with Gasteiger partial charge in [-0.15, -0.1) is 0 Å². The van der Waals surface area contributed by atoms with Crippen LogP contribution in [0.1, 0.15) is 36.8 Å². The second-order valence-corrected chi connectivity index (χ2v) is 7.11. The molecule has 1 aromatic carbocycles. The Balaban J connectivity index is 1.84. The second-order valence-electron chi connectivity index (χ2n) is 7.11. The van der Waals surface area contributed by atoms with E-state index in [4.69, 9.17) is 0 Å². The predicted molar refractivity (Wildman–Crippen MR) is 99.2 cm³/mol. The first-order valence-electron chi connectivity index (χ1n) is 8.99. The zero-order valence-electron chi connectivity index (χ0n) is 15.0. The van der Waals surface area contributed by atoms with Crippen LogP contribution in [0.2, 0.25) is 0 Å². The molecule has 2 atom stereocenters. The number of fused-ring (bicyclic) bond motifs is 3. The first kappa shape index (κ1) is 16.3. The van der Waals surface area contributed by atoms with Crippen molar-refractivity contribution in [2.24, 2.45) is 0 Å². The van der Waals surface area contributed by atoms with Gasteiger partial charge in [0.05, 0.1) is 5.52 Å². The van der Waals surface area contributed by atoms with E-state index in [0.29, 0.717) is 12.1 Å². The highest BCUT2D eigenvalue weighted by atomic mass is 19.1. The summed E-state index contributed by atoms with van der Waals surface area (Å²) in [5.74, 6) is -0.129. The fraction of sp³-hybridized carbons (Fsp3) is 0.381. The third-order valence-corrected chi connectivity index (χ3v) is 5.71. The topological polar surface area (TPSA) is 21.1 Å². The molecular formula is C21H24FN3. The van der Waals surface area contributed by atoms with E-state index in [9.17, 15) is 4.39 Å². The summed E-state index contributed by atoms with van der Waals surface area (Å²) in [6.07, 6.45) is 3.58. The average Bonchev–Trinajstić information content (AvgIpc) is 2.93. The maximum Gasteiger partial charge on any atom is 0.147 e. The Morgan fingerprint density at radius 2 is 2.00 bits per heavy atom. The van der Waals surface area contributed by atoms with E-state index >= 15 is 0 Å². The standard InChI is InChI=1S/C21H24FN3/c1-14-13-19-20(15(2)24(14)3)17-8-6-9-18(22)21(17)25(19)12-10-16-7-4-5-11-23-16/h4-9,11,14-15H,10,12-13H2,1-3H3. The highest BCUT2D eigenvalue weighted by Crippen LogP contribution is 2.39. The fourth-order valence-corrected chi connectivity index (χ4v) is 4.16. The van der Waals surface area contributed by atoms with Crippen LogP contribution in [-0.4, -0.2) is 27.5 Å². The first-order chi connectivity index (χ1) is 12.1. The van der Waals surface area contributed by atoms with Gasteiger partial charge in [0.15, 0.2) is 0 Å². The first-order valence-corrected chi connectivity index (χ1v) is 8.99. The Morgan fingerprint density at radius 1 is 1.16 bits per heavy atom. The molecule has 2 aromatic heterocycles. The van der Waals surface area contributed by atoms with E-state index in [-0.39, 0.29) is 5.82 Å². The van der Waals surface area contributed by atoms with E-state index < -0.39 is 0 Å². The molecule has 3 heterocycles. The number of pyridine rings is 1. The number of hydrogen-bond donors (Lipinski definition) is 0. The molecular weight excluding hydrogens is 313 g/mol. The normalized spacial score (nSPS) is 20.8. The zero-order chi connectivity index (χ0) is 17.6. The molecule has 1 aliphatic heterocycles. The lowest BCUT2D eigenvalue weighted by Gasteiger charge is -2.36. The van der Waals surface area contributed by atoms with Gasteiger partial charge in [-0.2, -0.15) is 0 Å². The van der Waals surface area contributed by atoms with Crippen LogP contribution in [0.15, 0.2) is 42.6 Å². The van der Waals surface area contributed by atoms with Crippen LogP contribution in [0.5, 0.6) is 0 Å². The van der Waals surface area contributed by atoms with Crippen molar-refractivity contribution in [1.29, 1.82) is 0 Å². The van der Waals surface area contributed by atoms with Crippen molar-refractivity contribution in [2.45, 2.75) is 45.3 Å². The third kappa shape index (κ3) is 2.65. The Bertz CT molecular complexity index is 900. The molecule has 0 spiro atoms. The molecule has 0 amide bonds. The summed E-state index contributed by atoms with van der Waals surface area (Å²) in [5.41, 5.74) is 4.37. The minimum atomic E-state index is -0.129. The van der Waals surface area contributed by atoms with Gasteiger partial charge in [0, 0.05) is 54.4 Å². The van der Waals surface area contributed by atoms with Crippen molar-refractivity contribution in [3.8, 4) is 0 Å². The zero-order valence-corrected chi connectivity index (χ0v) is 15.0. The lowest BCUT2D eigenvalue weighted by atomic mass is 9.93. The molecule has 3 aromatic rings. The lowest BCUT2D eigenvalue weighted by molar-refractivity contribution is 0.177. The summed E-state index contributed by atoms with van der Waals surface area (Å²) in [5, 5.41) is 1.06. The van der Waals surface area contributed by atoms with Gasteiger partial charge in [-0.1, -0.05) is 18.2 Å². The molecule has 1 aliphatic rings. The number of likely N-dealkylation sites (N-methyl/N-ethyl adjacent to an activating group) is 1. The summed E-state index contributed by atoms with van der Waals surface area (Å²) < 4.78 is 16.9. The smallest absolute Gasteiger partial charge is 0.147 e. The molecule has 4 rings (SSSR count). The molecule has 0 saturated carbocycles. The molecule has 2 unspecified atom stereocenters. The van der Waals surface area contributed by atoms with Gasteiger partial charge in [-0.3, -0.25) is 9.88 Å². The van der Waals surface area contributed by atoms with Crippen molar-refractivity contribution in [3.63, 3.8) is 0 Å². The van der Waals surface area contributed by atoms with Gasteiger partial charge in [0.25, 0.3) is 0 Å². The Hall–Kier alpha value is -2.20. The van der Waals surface area contributed by atoms with Crippen molar-refractivity contribution >= 4 is 10.9 Å². The van der Waals surface area contributed by atoms with Crippen molar-refractivity contribution in [1.82, 2.24) is 14.5 Å². The maximum atomic E-state index is 14.7. The number of halogens is 1. The molecule has 4 heteroatoms. The SMILES string of the molecule is CC1Cc2c(c3cccc(F)c3n2CCc2ccccn2)C(C)N1C. The monoisotopic (exact) mass is 337 g/mol. The van der Waals surface area contributed by atoms with E-state index in [1.165, 1.54) is 11.3 Å². The summed E-state index contributed by atoms with van der Waals surface area (Å²) >= 11 is 0. The summed E-state index contributed by atoms with van der Waals surface area (Å²) in [7, 11) is 2.16. The van der Waals surface area contributed by atoms with Gasteiger partial charge < -0.3 is 4.57 Å². The Kier molecular flexibility index (Phi) is 4.08. The second kappa shape index (κ2) is 6.26. The van der Waals surface area contributed by atoms with Crippen LogP contribution in [0.3, 0.4) is 0 Å². The van der Waals surface area contributed by atoms with E-state index in [1.807, 2.05) is 30.5 Å². The number of aromatic nitrogens is 2. The van der Waals surface area contributed by atoms with Crippen molar-refractivity contribution < 1.29 is 4.39 Å². The highest BCUT2D eigenvalue weighted by molar-refractivity contribution is 5.87. The average molecular weight is 337 g/mol. The number of benzene rings is 1. The van der Waals surface area contributed by atoms with Crippen LogP contribution in [0.4, 0.5) is 4.39 Å². The minimum Gasteiger partial charge on any atom is -0.341 e. The summed E-state index contributed by atoms with van der Waals surface area (Å²) in [4.78, 5) is 6.80. The molecule has 0 radical (unpaired) electrons. The number of rotatable bonds is 3. The van der Waals surface area contributed by atoms with Gasteiger partial charge in [-0.25, -0.2) is 4.39 Å². The predicted octanol–water partition coefficient (Wildman–Crippen LogP) is 4.36.